The molecule has 1 saturated heterocycles. The van der Waals surface area contributed by atoms with Gasteiger partial charge in [-0.25, -0.2) is 0 Å². The molecule has 0 spiro atoms. The van der Waals surface area contributed by atoms with Crippen molar-refractivity contribution in [3.8, 4) is 5.75 Å². The van der Waals surface area contributed by atoms with Crippen LogP contribution in [-0.2, 0) is 6.54 Å². The molecule has 1 N–H and O–H groups in total. The Morgan fingerprint density at radius 2 is 2.29 bits per heavy atom. The molecule has 1 fully saturated rings. The van der Waals surface area contributed by atoms with E-state index >= 15 is 0 Å². The van der Waals surface area contributed by atoms with E-state index in [1.54, 1.807) is 6.07 Å². The molecule has 1 unspecified atom stereocenters. The van der Waals surface area contributed by atoms with Crippen LogP contribution in [0.2, 0.25) is 0 Å². The second kappa shape index (κ2) is 6.27. The maximum absolute atomic E-state index is 9.44. The molecule has 1 aliphatic rings. The summed E-state index contributed by atoms with van der Waals surface area (Å²) in [6, 6.07) is 7.55. The van der Waals surface area contributed by atoms with Crippen LogP contribution in [0.1, 0.15) is 24.8 Å². The van der Waals surface area contributed by atoms with Gasteiger partial charge in [-0.1, -0.05) is 12.1 Å². The van der Waals surface area contributed by atoms with E-state index in [-0.39, 0.29) is 0 Å². The van der Waals surface area contributed by atoms with Crippen molar-refractivity contribution in [3.05, 3.63) is 29.8 Å². The standard InChI is InChI=1S/C14H20ClNO/c15-7-6-12-4-2-8-16(10-12)11-13-3-1-5-14(17)9-13/h1,3,5,9,12,17H,2,4,6-8,10-11H2. The molecule has 0 amide bonds. The smallest absolute Gasteiger partial charge is 0.115 e. The monoisotopic (exact) mass is 253 g/mol. The third kappa shape index (κ3) is 3.90. The predicted octanol–water partition coefficient (Wildman–Crippen LogP) is 3.23. The molecule has 0 aliphatic carbocycles. The van der Waals surface area contributed by atoms with Gasteiger partial charge in [0.15, 0.2) is 0 Å². The van der Waals surface area contributed by atoms with Crippen LogP contribution in [0.25, 0.3) is 0 Å². The average molecular weight is 254 g/mol. The van der Waals surface area contributed by atoms with Gasteiger partial charge in [-0.05, 0) is 49.4 Å². The van der Waals surface area contributed by atoms with Crippen molar-refractivity contribution >= 4 is 11.6 Å². The molecule has 2 rings (SSSR count). The van der Waals surface area contributed by atoms with Crippen LogP contribution in [-0.4, -0.2) is 29.0 Å². The molecule has 0 bridgehead atoms. The summed E-state index contributed by atoms with van der Waals surface area (Å²) in [4.78, 5) is 2.47. The van der Waals surface area contributed by atoms with Crippen molar-refractivity contribution in [2.75, 3.05) is 19.0 Å². The number of hydrogen-bond donors (Lipinski definition) is 1. The minimum atomic E-state index is 0.358. The van der Waals surface area contributed by atoms with Crippen LogP contribution in [0.3, 0.4) is 0 Å². The van der Waals surface area contributed by atoms with Crippen LogP contribution < -0.4 is 0 Å². The first-order valence-electron chi connectivity index (χ1n) is 6.34. The van der Waals surface area contributed by atoms with Gasteiger partial charge in [0.1, 0.15) is 5.75 Å². The minimum Gasteiger partial charge on any atom is -0.508 e. The lowest BCUT2D eigenvalue weighted by Crippen LogP contribution is -2.35. The van der Waals surface area contributed by atoms with Crippen molar-refractivity contribution in [1.82, 2.24) is 4.90 Å². The SMILES string of the molecule is Oc1cccc(CN2CCCC(CCCl)C2)c1. The van der Waals surface area contributed by atoms with Gasteiger partial charge in [-0.2, -0.15) is 0 Å². The molecule has 1 atom stereocenters. The summed E-state index contributed by atoms with van der Waals surface area (Å²) in [6.45, 7) is 3.24. The summed E-state index contributed by atoms with van der Waals surface area (Å²) in [7, 11) is 0. The van der Waals surface area contributed by atoms with E-state index in [1.165, 1.54) is 18.4 Å². The van der Waals surface area contributed by atoms with E-state index in [2.05, 4.69) is 11.0 Å². The largest absolute Gasteiger partial charge is 0.508 e. The number of nitrogens with zero attached hydrogens (tertiary/aromatic N) is 1. The first-order valence-corrected chi connectivity index (χ1v) is 6.87. The molecule has 0 saturated carbocycles. The molecule has 94 valence electrons. The van der Waals surface area contributed by atoms with Gasteiger partial charge in [0.2, 0.25) is 0 Å². The van der Waals surface area contributed by atoms with Crippen LogP contribution in [0.4, 0.5) is 0 Å². The number of phenolic OH excluding ortho intramolecular Hbond substituents is 1. The zero-order valence-corrected chi connectivity index (χ0v) is 10.9. The molecule has 17 heavy (non-hydrogen) atoms. The van der Waals surface area contributed by atoms with Crippen LogP contribution in [0.5, 0.6) is 5.75 Å². The number of halogens is 1. The highest BCUT2D eigenvalue weighted by Gasteiger charge is 2.19. The summed E-state index contributed by atoms with van der Waals surface area (Å²) >= 11 is 5.81. The lowest BCUT2D eigenvalue weighted by molar-refractivity contribution is 0.165. The second-order valence-corrected chi connectivity index (χ2v) is 5.27. The third-order valence-corrected chi connectivity index (χ3v) is 3.66. The molecular formula is C14H20ClNO. The molecular weight excluding hydrogens is 234 g/mol. The summed E-state index contributed by atoms with van der Waals surface area (Å²) in [5, 5.41) is 9.44. The van der Waals surface area contributed by atoms with Crippen LogP contribution in [0, 0.1) is 5.92 Å². The molecule has 1 aromatic carbocycles. The highest BCUT2D eigenvalue weighted by molar-refractivity contribution is 6.17. The van der Waals surface area contributed by atoms with Gasteiger partial charge in [-0.15, -0.1) is 11.6 Å². The summed E-state index contributed by atoms with van der Waals surface area (Å²) in [6.07, 6.45) is 3.70. The Kier molecular flexibility index (Phi) is 4.69. The van der Waals surface area contributed by atoms with Gasteiger partial charge in [0.05, 0.1) is 0 Å². The number of piperidine rings is 1. The molecule has 1 aromatic rings. The number of likely N-dealkylation sites (tertiary alicyclic amines) is 1. The van der Waals surface area contributed by atoms with Crippen molar-refractivity contribution < 1.29 is 5.11 Å². The molecule has 0 aromatic heterocycles. The number of alkyl halides is 1. The number of rotatable bonds is 4. The molecule has 0 radical (unpaired) electrons. The Labute approximate surface area is 108 Å². The van der Waals surface area contributed by atoms with Gasteiger partial charge >= 0.3 is 0 Å². The maximum atomic E-state index is 9.44. The van der Waals surface area contributed by atoms with Gasteiger partial charge in [0.25, 0.3) is 0 Å². The minimum absolute atomic E-state index is 0.358. The highest BCUT2D eigenvalue weighted by Crippen LogP contribution is 2.22. The predicted molar refractivity (Wildman–Crippen MR) is 71.4 cm³/mol. The van der Waals surface area contributed by atoms with E-state index < -0.39 is 0 Å². The molecule has 1 aliphatic heterocycles. The van der Waals surface area contributed by atoms with Gasteiger partial charge in [0, 0.05) is 19.0 Å². The quantitative estimate of drug-likeness (QED) is 0.833. The van der Waals surface area contributed by atoms with E-state index in [0.717, 1.165) is 37.9 Å². The van der Waals surface area contributed by atoms with Crippen molar-refractivity contribution in [1.29, 1.82) is 0 Å². The first kappa shape index (κ1) is 12.7. The highest BCUT2D eigenvalue weighted by atomic mass is 35.5. The Bertz CT molecular complexity index is 354. The Morgan fingerprint density at radius 3 is 3.06 bits per heavy atom. The maximum Gasteiger partial charge on any atom is 0.115 e. The van der Waals surface area contributed by atoms with Crippen molar-refractivity contribution in [2.45, 2.75) is 25.8 Å². The summed E-state index contributed by atoms with van der Waals surface area (Å²) < 4.78 is 0. The number of hydrogen-bond acceptors (Lipinski definition) is 2. The Hall–Kier alpha value is -0.730. The average Bonchev–Trinajstić information content (AvgIpc) is 2.30. The fourth-order valence-electron chi connectivity index (χ4n) is 2.60. The fraction of sp³-hybridized carbons (Fsp3) is 0.571. The molecule has 1 heterocycles. The molecule has 3 heteroatoms. The molecule has 2 nitrogen and oxygen atoms in total. The van der Waals surface area contributed by atoms with E-state index in [1.807, 2.05) is 12.1 Å². The van der Waals surface area contributed by atoms with Crippen molar-refractivity contribution in [3.63, 3.8) is 0 Å². The topological polar surface area (TPSA) is 23.5 Å². The third-order valence-electron chi connectivity index (χ3n) is 3.44. The summed E-state index contributed by atoms with van der Waals surface area (Å²) in [5.74, 6) is 1.88. The second-order valence-electron chi connectivity index (χ2n) is 4.89. The van der Waals surface area contributed by atoms with E-state index in [4.69, 9.17) is 11.6 Å². The number of aromatic hydroxyl groups is 1. The van der Waals surface area contributed by atoms with E-state index in [0.29, 0.717) is 5.75 Å². The van der Waals surface area contributed by atoms with Gasteiger partial charge in [-0.3, -0.25) is 4.90 Å². The van der Waals surface area contributed by atoms with Crippen molar-refractivity contribution in [2.24, 2.45) is 5.92 Å². The number of phenols is 1. The zero-order chi connectivity index (χ0) is 12.1. The van der Waals surface area contributed by atoms with Gasteiger partial charge < -0.3 is 5.11 Å². The van der Waals surface area contributed by atoms with Crippen LogP contribution in [0.15, 0.2) is 24.3 Å². The number of benzene rings is 1. The Balaban J connectivity index is 1.90. The first-order chi connectivity index (χ1) is 8.28. The fourth-order valence-corrected chi connectivity index (χ4v) is 2.91. The van der Waals surface area contributed by atoms with E-state index in [9.17, 15) is 5.11 Å². The van der Waals surface area contributed by atoms with Crippen LogP contribution >= 0.6 is 11.6 Å². The zero-order valence-electron chi connectivity index (χ0n) is 10.1. The Morgan fingerprint density at radius 1 is 1.41 bits per heavy atom. The lowest BCUT2D eigenvalue weighted by atomic mass is 9.95. The normalized spacial score (nSPS) is 21.6. The summed E-state index contributed by atoms with van der Waals surface area (Å²) in [5.41, 5.74) is 1.19. The lowest BCUT2D eigenvalue weighted by Gasteiger charge is -2.32.